The van der Waals surface area contributed by atoms with Crippen LogP contribution in [0.25, 0.3) is 0 Å². The molecule has 40 heavy (non-hydrogen) atoms. The number of aliphatic hydroxyl groups is 5. The maximum absolute atomic E-state index is 12.1. The standard InChI is InChI=1S/C32H52O8/c1-16-12-17(13-33)39-25-22(16)29(4)10-11-32-15-31(32)9-8-21(40-27-24(36)23(35)18(34)14-38-27)28(2,3)19(31)6-7-20(32)30(29,5)26(25)37/h16-27,33-37H,6-15H2,1-5H3. The highest BCUT2D eigenvalue weighted by Gasteiger charge is 2.84. The van der Waals surface area contributed by atoms with Gasteiger partial charge in [0.05, 0.1) is 37.6 Å². The summed E-state index contributed by atoms with van der Waals surface area (Å²) in [6.45, 7) is 11.7. The van der Waals surface area contributed by atoms with Crippen LogP contribution in [0, 0.1) is 50.7 Å². The summed E-state index contributed by atoms with van der Waals surface area (Å²) in [5.41, 5.74) is 0.147. The first kappa shape index (κ1) is 28.5. The SMILES string of the molecule is CC1CC(CO)OC2C1C1(C)CCC34CC35CCC(OC3OCC(O)C(O)C3O)C(C)(C)C5CCC4C1(C)C2O. The van der Waals surface area contributed by atoms with Crippen LogP contribution in [-0.4, -0.2) is 87.8 Å². The van der Waals surface area contributed by atoms with Crippen molar-refractivity contribution in [3.05, 3.63) is 0 Å². The molecule has 2 saturated heterocycles. The molecule has 0 amide bonds. The van der Waals surface area contributed by atoms with Gasteiger partial charge in [-0.05, 0) is 96.7 Å². The molecule has 0 aromatic heterocycles. The van der Waals surface area contributed by atoms with Crippen LogP contribution in [0.3, 0.4) is 0 Å². The van der Waals surface area contributed by atoms with Crippen molar-refractivity contribution in [3.63, 3.8) is 0 Å². The highest BCUT2D eigenvalue weighted by molar-refractivity contribution is 5.32. The molecule has 2 aliphatic heterocycles. The molecule has 228 valence electrons. The zero-order valence-corrected chi connectivity index (χ0v) is 25.0. The van der Waals surface area contributed by atoms with Crippen molar-refractivity contribution in [2.24, 2.45) is 50.7 Å². The van der Waals surface area contributed by atoms with E-state index in [0.29, 0.717) is 23.7 Å². The van der Waals surface area contributed by atoms with Crippen LogP contribution >= 0.6 is 0 Å². The lowest BCUT2D eigenvalue weighted by Crippen LogP contribution is -2.61. The van der Waals surface area contributed by atoms with Crippen molar-refractivity contribution in [2.45, 2.75) is 135 Å². The van der Waals surface area contributed by atoms with E-state index in [0.717, 1.165) is 38.5 Å². The van der Waals surface area contributed by atoms with Crippen LogP contribution in [0.15, 0.2) is 0 Å². The lowest BCUT2D eigenvalue weighted by atomic mass is 9.41. The zero-order chi connectivity index (χ0) is 28.6. The van der Waals surface area contributed by atoms with E-state index >= 15 is 0 Å². The Kier molecular flexibility index (Phi) is 6.31. The monoisotopic (exact) mass is 564 g/mol. The molecular formula is C32H52O8. The van der Waals surface area contributed by atoms with Gasteiger partial charge in [-0.2, -0.15) is 0 Å². The fourth-order valence-corrected chi connectivity index (χ4v) is 12.8. The molecule has 16 unspecified atom stereocenters. The van der Waals surface area contributed by atoms with Crippen LogP contribution in [0.1, 0.15) is 86.0 Å². The van der Waals surface area contributed by atoms with Crippen molar-refractivity contribution in [3.8, 4) is 0 Å². The molecular weight excluding hydrogens is 512 g/mol. The highest BCUT2D eigenvalue weighted by atomic mass is 16.7. The smallest absolute Gasteiger partial charge is 0.186 e. The molecule has 0 bridgehead atoms. The third kappa shape index (κ3) is 3.26. The molecule has 5 saturated carbocycles. The Bertz CT molecular complexity index is 1020. The summed E-state index contributed by atoms with van der Waals surface area (Å²) in [5, 5.41) is 52.7. The molecule has 5 N–H and O–H groups in total. The van der Waals surface area contributed by atoms with E-state index in [2.05, 4.69) is 34.6 Å². The van der Waals surface area contributed by atoms with Crippen molar-refractivity contribution in [1.82, 2.24) is 0 Å². The average molecular weight is 565 g/mol. The highest BCUT2D eigenvalue weighted by Crippen LogP contribution is 2.89. The summed E-state index contributed by atoms with van der Waals surface area (Å²) in [6.07, 6.45) is 2.99. The first-order valence-electron chi connectivity index (χ1n) is 16.0. The summed E-state index contributed by atoms with van der Waals surface area (Å²) in [6, 6.07) is 0. The van der Waals surface area contributed by atoms with E-state index in [4.69, 9.17) is 14.2 Å². The minimum atomic E-state index is -1.27. The fourth-order valence-electron chi connectivity index (χ4n) is 12.8. The quantitative estimate of drug-likeness (QED) is 0.331. The molecule has 2 spiro atoms. The molecule has 7 fully saturated rings. The number of hydrogen-bond donors (Lipinski definition) is 5. The first-order valence-corrected chi connectivity index (χ1v) is 16.0. The summed E-state index contributed by atoms with van der Waals surface area (Å²) in [4.78, 5) is 0. The summed E-state index contributed by atoms with van der Waals surface area (Å²) in [5.74, 6) is 1.66. The van der Waals surface area contributed by atoms with E-state index in [1.165, 1.54) is 12.8 Å². The normalized spacial score (nSPS) is 62.0. The van der Waals surface area contributed by atoms with Gasteiger partial charge in [0.2, 0.25) is 0 Å². The van der Waals surface area contributed by atoms with Crippen molar-refractivity contribution in [2.75, 3.05) is 13.2 Å². The van der Waals surface area contributed by atoms with Crippen molar-refractivity contribution < 1.29 is 39.7 Å². The van der Waals surface area contributed by atoms with Gasteiger partial charge in [-0.1, -0.05) is 34.6 Å². The van der Waals surface area contributed by atoms with E-state index in [9.17, 15) is 25.5 Å². The van der Waals surface area contributed by atoms with Gasteiger partial charge in [0.15, 0.2) is 6.29 Å². The zero-order valence-electron chi connectivity index (χ0n) is 25.0. The van der Waals surface area contributed by atoms with E-state index in [1.54, 1.807) is 0 Å². The molecule has 7 aliphatic rings. The van der Waals surface area contributed by atoms with Gasteiger partial charge in [0.1, 0.15) is 18.3 Å². The second kappa shape index (κ2) is 8.87. The average Bonchev–Trinajstić information content (AvgIpc) is 3.55. The van der Waals surface area contributed by atoms with E-state index < -0.39 is 30.7 Å². The van der Waals surface area contributed by atoms with Crippen LogP contribution in [0.4, 0.5) is 0 Å². The lowest BCUT2D eigenvalue weighted by Gasteiger charge is -2.64. The summed E-state index contributed by atoms with van der Waals surface area (Å²) < 4.78 is 18.5. The van der Waals surface area contributed by atoms with Crippen molar-refractivity contribution in [1.29, 1.82) is 0 Å². The van der Waals surface area contributed by atoms with Gasteiger partial charge in [0, 0.05) is 5.41 Å². The topological polar surface area (TPSA) is 129 Å². The molecule has 8 heteroatoms. The number of hydrogen-bond acceptors (Lipinski definition) is 8. The first-order chi connectivity index (χ1) is 18.8. The second-order valence-electron chi connectivity index (χ2n) is 16.2. The minimum Gasteiger partial charge on any atom is -0.394 e. The van der Waals surface area contributed by atoms with Gasteiger partial charge >= 0.3 is 0 Å². The molecule has 5 aliphatic carbocycles. The van der Waals surface area contributed by atoms with Gasteiger partial charge < -0.3 is 39.7 Å². The Hall–Kier alpha value is -0.320. The summed E-state index contributed by atoms with van der Waals surface area (Å²) >= 11 is 0. The number of aliphatic hydroxyl groups excluding tert-OH is 5. The fraction of sp³-hybridized carbons (Fsp3) is 1.00. The van der Waals surface area contributed by atoms with Crippen LogP contribution in [0.5, 0.6) is 0 Å². The van der Waals surface area contributed by atoms with Crippen LogP contribution in [0.2, 0.25) is 0 Å². The number of rotatable bonds is 3. The summed E-state index contributed by atoms with van der Waals surface area (Å²) in [7, 11) is 0. The van der Waals surface area contributed by atoms with Gasteiger partial charge in [-0.15, -0.1) is 0 Å². The minimum absolute atomic E-state index is 0.0130. The molecule has 0 radical (unpaired) electrons. The molecule has 2 heterocycles. The molecule has 0 aromatic rings. The largest absolute Gasteiger partial charge is 0.394 e. The third-order valence-corrected chi connectivity index (χ3v) is 14.8. The van der Waals surface area contributed by atoms with Gasteiger partial charge in [-0.25, -0.2) is 0 Å². The number of ether oxygens (including phenoxy) is 3. The maximum Gasteiger partial charge on any atom is 0.186 e. The Balaban J connectivity index is 1.16. The van der Waals surface area contributed by atoms with Crippen LogP contribution < -0.4 is 0 Å². The van der Waals surface area contributed by atoms with E-state index in [-0.39, 0.29) is 58.6 Å². The molecule has 16 atom stereocenters. The maximum atomic E-state index is 12.1. The number of fused-ring (bicyclic) bond motifs is 4. The Morgan fingerprint density at radius 2 is 1.57 bits per heavy atom. The van der Waals surface area contributed by atoms with Gasteiger partial charge in [0.25, 0.3) is 0 Å². The van der Waals surface area contributed by atoms with E-state index in [1.807, 2.05) is 0 Å². The lowest BCUT2D eigenvalue weighted by molar-refractivity contribution is -0.303. The third-order valence-electron chi connectivity index (χ3n) is 14.8. The van der Waals surface area contributed by atoms with Crippen molar-refractivity contribution >= 4 is 0 Å². The predicted octanol–water partition coefficient (Wildman–Crippen LogP) is 2.62. The molecule has 8 nitrogen and oxygen atoms in total. The predicted molar refractivity (Wildman–Crippen MR) is 146 cm³/mol. The molecule has 7 rings (SSSR count). The Labute approximate surface area is 238 Å². The Morgan fingerprint density at radius 1 is 0.875 bits per heavy atom. The molecule has 0 aromatic carbocycles. The van der Waals surface area contributed by atoms with Gasteiger partial charge in [-0.3, -0.25) is 0 Å². The Morgan fingerprint density at radius 3 is 2.30 bits per heavy atom. The van der Waals surface area contributed by atoms with Crippen LogP contribution in [-0.2, 0) is 14.2 Å². The second-order valence-corrected chi connectivity index (χ2v) is 16.2.